The molecule has 1 atom stereocenters. The number of anilines is 1. The number of nitrogens with zero attached hydrogens (tertiary/aromatic N) is 1. The second kappa shape index (κ2) is 8.49. The molecule has 0 radical (unpaired) electrons. The SMILES string of the molecule is O=C(Nc1ccc(CCC(F)(F)F)cc1)[C@H]1CCCN1C(=O)c1ccc2c(c1)OCO2. The molecular formula is C22H21F3N2O4. The fourth-order valence-corrected chi connectivity index (χ4v) is 3.74. The number of carbonyl (C=O) groups is 2. The number of fused-ring (bicyclic) bond motifs is 1. The molecule has 0 aliphatic carbocycles. The standard InChI is InChI=1S/C22H21F3N2O4/c23-22(24,25)10-9-14-3-6-16(7-4-14)26-20(28)17-2-1-11-27(17)21(29)15-5-8-18-19(12-15)31-13-30-18/h3-8,12,17H,1-2,9-11,13H2,(H,26,28)/t17-/m1/s1. The van der Waals surface area contributed by atoms with Gasteiger partial charge in [-0.15, -0.1) is 0 Å². The van der Waals surface area contributed by atoms with E-state index in [0.29, 0.717) is 47.7 Å². The van der Waals surface area contributed by atoms with E-state index >= 15 is 0 Å². The van der Waals surface area contributed by atoms with Gasteiger partial charge in [-0.3, -0.25) is 9.59 Å². The van der Waals surface area contributed by atoms with Gasteiger partial charge in [0.1, 0.15) is 6.04 Å². The first kappa shape index (κ1) is 21.0. The van der Waals surface area contributed by atoms with Crippen LogP contribution in [0.2, 0.25) is 0 Å². The van der Waals surface area contributed by atoms with Crippen molar-refractivity contribution in [3.63, 3.8) is 0 Å². The average molecular weight is 434 g/mol. The van der Waals surface area contributed by atoms with Crippen LogP contribution in [0.15, 0.2) is 42.5 Å². The van der Waals surface area contributed by atoms with Crippen LogP contribution < -0.4 is 14.8 Å². The predicted molar refractivity (Wildman–Crippen MR) is 106 cm³/mol. The van der Waals surface area contributed by atoms with Crippen molar-refractivity contribution >= 4 is 17.5 Å². The first-order valence-corrected chi connectivity index (χ1v) is 9.97. The van der Waals surface area contributed by atoms with Crippen molar-refractivity contribution in [2.24, 2.45) is 0 Å². The number of alkyl halides is 3. The van der Waals surface area contributed by atoms with E-state index in [1.807, 2.05) is 0 Å². The van der Waals surface area contributed by atoms with E-state index in [-0.39, 0.29) is 25.0 Å². The molecule has 1 N–H and O–H groups in total. The minimum Gasteiger partial charge on any atom is -0.454 e. The number of nitrogens with one attached hydrogen (secondary N) is 1. The van der Waals surface area contributed by atoms with Gasteiger partial charge >= 0.3 is 6.18 Å². The Hall–Kier alpha value is -3.23. The fourth-order valence-electron chi connectivity index (χ4n) is 3.74. The third-order valence-electron chi connectivity index (χ3n) is 5.35. The number of carbonyl (C=O) groups excluding carboxylic acids is 2. The van der Waals surface area contributed by atoms with Crippen LogP contribution in [0.3, 0.4) is 0 Å². The zero-order valence-electron chi connectivity index (χ0n) is 16.6. The van der Waals surface area contributed by atoms with Crippen LogP contribution in [0.5, 0.6) is 11.5 Å². The average Bonchev–Trinajstić information content (AvgIpc) is 3.41. The molecule has 1 saturated heterocycles. The second-order valence-electron chi connectivity index (χ2n) is 7.53. The van der Waals surface area contributed by atoms with E-state index in [1.54, 1.807) is 42.5 Å². The summed E-state index contributed by atoms with van der Waals surface area (Å²) >= 11 is 0. The van der Waals surface area contributed by atoms with Gasteiger partial charge in [-0.2, -0.15) is 13.2 Å². The van der Waals surface area contributed by atoms with Crippen LogP contribution in [0, 0.1) is 0 Å². The van der Waals surface area contributed by atoms with E-state index < -0.39 is 18.6 Å². The Labute approximate surface area is 176 Å². The van der Waals surface area contributed by atoms with E-state index in [0.717, 1.165) is 0 Å². The van der Waals surface area contributed by atoms with Gasteiger partial charge in [0.05, 0.1) is 0 Å². The Kier molecular flexibility index (Phi) is 5.75. The summed E-state index contributed by atoms with van der Waals surface area (Å²) in [4.78, 5) is 27.3. The highest BCUT2D eigenvalue weighted by molar-refractivity contribution is 6.01. The van der Waals surface area contributed by atoms with Crippen molar-refractivity contribution in [2.75, 3.05) is 18.7 Å². The minimum absolute atomic E-state index is 0.108. The maximum Gasteiger partial charge on any atom is 0.389 e. The van der Waals surface area contributed by atoms with Gasteiger partial charge in [0.15, 0.2) is 11.5 Å². The number of aryl methyl sites for hydroxylation is 1. The van der Waals surface area contributed by atoms with Crippen molar-refractivity contribution in [1.29, 1.82) is 0 Å². The molecule has 6 nitrogen and oxygen atoms in total. The highest BCUT2D eigenvalue weighted by Crippen LogP contribution is 2.33. The maximum atomic E-state index is 13.0. The summed E-state index contributed by atoms with van der Waals surface area (Å²) in [7, 11) is 0. The van der Waals surface area contributed by atoms with Crippen molar-refractivity contribution in [2.45, 2.75) is 37.9 Å². The second-order valence-corrected chi connectivity index (χ2v) is 7.53. The lowest BCUT2D eigenvalue weighted by Gasteiger charge is -2.24. The van der Waals surface area contributed by atoms with Gasteiger partial charge in [-0.1, -0.05) is 12.1 Å². The third kappa shape index (κ3) is 4.92. The van der Waals surface area contributed by atoms with Gasteiger partial charge in [0.2, 0.25) is 12.7 Å². The van der Waals surface area contributed by atoms with Crippen LogP contribution in [0.25, 0.3) is 0 Å². The lowest BCUT2D eigenvalue weighted by molar-refractivity contribution is -0.134. The molecule has 2 amide bonds. The van der Waals surface area contributed by atoms with E-state index in [4.69, 9.17) is 9.47 Å². The molecule has 31 heavy (non-hydrogen) atoms. The molecule has 0 bridgehead atoms. The van der Waals surface area contributed by atoms with E-state index in [2.05, 4.69) is 5.32 Å². The highest BCUT2D eigenvalue weighted by atomic mass is 19.4. The van der Waals surface area contributed by atoms with Crippen LogP contribution in [-0.2, 0) is 11.2 Å². The molecule has 1 fully saturated rings. The van der Waals surface area contributed by atoms with E-state index in [1.165, 1.54) is 4.90 Å². The summed E-state index contributed by atoms with van der Waals surface area (Å²) in [5.74, 6) is 0.482. The normalized spacial score (nSPS) is 17.6. The smallest absolute Gasteiger partial charge is 0.389 e. The Balaban J connectivity index is 1.39. The zero-order chi connectivity index (χ0) is 22.0. The predicted octanol–water partition coefficient (Wildman–Crippen LogP) is 4.15. The van der Waals surface area contributed by atoms with Gasteiger partial charge in [-0.05, 0) is 55.2 Å². The quantitative estimate of drug-likeness (QED) is 0.768. The Morgan fingerprint density at radius 2 is 1.81 bits per heavy atom. The summed E-state index contributed by atoms with van der Waals surface area (Å²) in [6.45, 7) is 0.568. The van der Waals surface area contributed by atoms with Crippen molar-refractivity contribution in [3.05, 3.63) is 53.6 Å². The van der Waals surface area contributed by atoms with Crippen molar-refractivity contribution in [1.82, 2.24) is 4.90 Å². The number of rotatable bonds is 5. The molecule has 2 aliphatic heterocycles. The molecule has 0 aromatic heterocycles. The van der Waals surface area contributed by atoms with Gasteiger partial charge in [0, 0.05) is 24.2 Å². The number of benzene rings is 2. The first-order chi connectivity index (χ1) is 14.8. The molecule has 2 aromatic rings. The summed E-state index contributed by atoms with van der Waals surface area (Å²) in [5.41, 5.74) is 1.43. The molecule has 4 rings (SSSR count). The molecule has 9 heteroatoms. The molecule has 164 valence electrons. The summed E-state index contributed by atoms with van der Waals surface area (Å²) in [6.07, 6.45) is -3.98. The Morgan fingerprint density at radius 1 is 1.06 bits per heavy atom. The molecule has 0 spiro atoms. The molecule has 0 saturated carbocycles. The minimum atomic E-state index is -4.21. The van der Waals surface area contributed by atoms with E-state index in [9.17, 15) is 22.8 Å². The van der Waals surface area contributed by atoms with Gasteiger partial charge in [-0.25, -0.2) is 0 Å². The Bertz CT molecular complexity index is 976. The molecular weight excluding hydrogens is 413 g/mol. The maximum absolute atomic E-state index is 13.0. The van der Waals surface area contributed by atoms with Gasteiger partial charge < -0.3 is 19.7 Å². The Morgan fingerprint density at radius 3 is 2.55 bits per heavy atom. The first-order valence-electron chi connectivity index (χ1n) is 9.97. The molecule has 2 aromatic carbocycles. The van der Waals surface area contributed by atoms with Gasteiger partial charge in [0.25, 0.3) is 5.91 Å². The van der Waals surface area contributed by atoms with Crippen LogP contribution in [0.1, 0.15) is 35.2 Å². The number of hydrogen-bond donors (Lipinski definition) is 1. The summed E-state index contributed by atoms with van der Waals surface area (Å²) in [5, 5.41) is 2.76. The molecule has 2 heterocycles. The lowest BCUT2D eigenvalue weighted by atomic mass is 10.1. The summed E-state index contributed by atoms with van der Waals surface area (Å²) in [6, 6.07) is 10.6. The van der Waals surface area contributed by atoms with Crippen LogP contribution in [-0.4, -0.2) is 42.3 Å². The molecule has 2 aliphatic rings. The number of hydrogen-bond acceptors (Lipinski definition) is 4. The topological polar surface area (TPSA) is 67.9 Å². The highest BCUT2D eigenvalue weighted by Gasteiger charge is 2.35. The van der Waals surface area contributed by atoms with Crippen molar-refractivity contribution < 1.29 is 32.2 Å². The number of halogens is 3. The number of likely N-dealkylation sites (tertiary alicyclic amines) is 1. The summed E-state index contributed by atoms with van der Waals surface area (Å²) < 4.78 is 47.6. The molecule has 0 unspecified atom stereocenters. The number of ether oxygens (including phenoxy) is 2. The van der Waals surface area contributed by atoms with Crippen molar-refractivity contribution in [3.8, 4) is 11.5 Å². The third-order valence-corrected chi connectivity index (χ3v) is 5.35. The zero-order valence-corrected chi connectivity index (χ0v) is 16.6. The fraction of sp³-hybridized carbons (Fsp3) is 0.364. The van der Waals surface area contributed by atoms with Crippen LogP contribution in [0.4, 0.5) is 18.9 Å². The number of amides is 2. The monoisotopic (exact) mass is 434 g/mol. The largest absolute Gasteiger partial charge is 0.454 e. The lowest BCUT2D eigenvalue weighted by Crippen LogP contribution is -2.43. The van der Waals surface area contributed by atoms with Crippen LogP contribution >= 0.6 is 0 Å².